The van der Waals surface area contributed by atoms with Gasteiger partial charge in [-0.3, -0.25) is 0 Å². The second-order valence-corrected chi connectivity index (χ2v) is 3.16. The largest absolute Gasteiger partial charge is 0.399 e. The van der Waals surface area contributed by atoms with Crippen molar-refractivity contribution in [3.05, 3.63) is 35.5 Å². The number of nitrogens with two attached hydrogens (primary N) is 1. The van der Waals surface area contributed by atoms with Crippen LogP contribution in [0.1, 0.15) is 0 Å². The third-order valence-electron chi connectivity index (χ3n) is 2.18. The third kappa shape index (κ3) is 1.45. The van der Waals surface area contributed by atoms with Crippen LogP contribution < -0.4 is 16.0 Å². The van der Waals surface area contributed by atoms with E-state index >= 15 is 0 Å². The van der Waals surface area contributed by atoms with E-state index in [-0.39, 0.29) is 0 Å². The van der Waals surface area contributed by atoms with E-state index < -0.39 is 0 Å². The summed E-state index contributed by atoms with van der Waals surface area (Å²) in [7, 11) is 11.4. The van der Waals surface area contributed by atoms with Gasteiger partial charge in [0.2, 0.25) is 0 Å². The first-order chi connectivity index (χ1) is 6.68. The van der Waals surface area contributed by atoms with Crippen LogP contribution in [0.4, 0.5) is 11.4 Å². The van der Waals surface area contributed by atoms with Crippen molar-refractivity contribution in [2.45, 2.75) is 0 Å². The maximum absolute atomic E-state index is 5.78. The average molecular weight is 181 g/mol. The smallest absolute Gasteiger partial charge is 0.140 e. The second kappa shape index (κ2) is 3.33. The standard InChI is InChI=1S/C9H9B2N3/c10-8-9(11)14(5-13-8)7-3-1-2-6(12)4-7/h1-4,13H,5,12H2. The Kier molecular flexibility index (Phi) is 2.15. The fourth-order valence-electron chi connectivity index (χ4n) is 1.41. The number of nitrogens with one attached hydrogen (secondary N) is 1. The molecular weight excluding hydrogens is 172 g/mol. The van der Waals surface area contributed by atoms with Gasteiger partial charge >= 0.3 is 0 Å². The molecule has 1 aliphatic rings. The molecule has 3 nitrogen and oxygen atoms in total. The van der Waals surface area contributed by atoms with Gasteiger partial charge in [-0.1, -0.05) is 6.07 Å². The first-order valence-electron chi connectivity index (χ1n) is 4.30. The molecule has 0 amide bonds. The van der Waals surface area contributed by atoms with Crippen LogP contribution in [0.5, 0.6) is 0 Å². The van der Waals surface area contributed by atoms with Crippen molar-refractivity contribution in [1.29, 1.82) is 0 Å². The number of hydrogen-bond acceptors (Lipinski definition) is 3. The minimum Gasteiger partial charge on any atom is -0.399 e. The molecule has 0 spiro atoms. The molecule has 66 valence electrons. The summed E-state index contributed by atoms with van der Waals surface area (Å²) >= 11 is 0. The van der Waals surface area contributed by atoms with E-state index in [4.69, 9.17) is 21.4 Å². The zero-order chi connectivity index (χ0) is 10.1. The van der Waals surface area contributed by atoms with Gasteiger partial charge in [0.15, 0.2) is 0 Å². The highest BCUT2D eigenvalue weighted by molar-refractivity contribution is 6.33. The van der Waals surface area contributed by atoms with Crippen LogP contribution in [0.25, 0.3) is 0 Å². The van der Waals surface area contributed by atoms with Crippen molar-refractivity contribution in [3.63, 3.8) is 0 Å². The molecule has 0 saturated carbocycles. The van der Waals surface area contributed by atoms with Gasteiger partial charge < -0.3 is 16.0 Å². The highest BCUT2D eigenvalue weighted by Gasteiger charge is 2.15. The third-order valence-corrected chi connectivity index (χ3v) is 2.18. The van der Waals surface area contributed by atoms with Gasteiger partial charge in [-0.2, -0.15) is 0 Å². The van der Waals surface area contributed by atoms with Gasteiger partial charge in [-0.25, -0.2) is 0 Å². The molecule has 4 radical (unpaired) electrons. The summed E-state index contributed by atoms with van der Waals surface area (Å²) < 4.78 is 0. The Morgan fingerprint density at radius 2 is 2.14 bits per heavy atom. The minimum atomic E-state index is 0.507. The van der Waals surface area contributed by atoms with Crippen molar-refractivity contribution in [2.24, 2.45) is 0 Å². The normalized spacial score (nSPS) is 15.9. The topological polar surface area (TPSA) is 41.3 Å². The lowest BCUT2D eigenvalue weighted by Gasteiger charge is -2.20. The van der Waals surface area contributed by atoms with Gasteiger partial charge in [0.1, 0.15) is 15.7 Å². The average Bonchev–Trinajstić information content (AvgIpc) is 2.48. The lowest BCUT2D eigenvalue weighted by Crippen LogP contribution is -2.23. The zero-order valence-electron chi connectivity index (χ0n) is 7.70. The highest BCUT2D eigenvalue weighted by Crippen LogP contribution is 2.22. The molecule has 0 fully saturated rings. The fraction of sp³-hybridized carbons (Fsp3) is 0.111. The van der Waals surface area contributed by atoms with Crippen LogP contribution >= 0.6 is 0 Å². The zero-order valence-corrected chi connectivity index (χ0v) is 7.70. The van der Waals surface area contributed by atoms with Crippen LogP contribution in [0.3, 0.4) is 0 Å². The molecule has 0 bridgehead atoms. The molecule has 0 aromatic heterocycles. The monoisotopic (exact) mass is 181 g/mol. The van der Waals surface area contributed by atoms with Gasteiger partial charge in [-0.05, 0) is 29.4 Å². The lowest BCUT2D eigenvalue weighted by atomic mass is 9.91. The Morgan fingerprint density at radius 3 is 2.71 bits per heavy atom. The Morgan fingerprint density at radius 1 is 1.36 bits per heavy atom. The Hall–Kier alpha value is -1.51. The maximum atomic E-state index is 5.78. The quantitative estimate of drug-likeness (QED) is 0.476. The summed E-state index contributed by atoms with van der Waals surface area (Å²) in [6, 6.07) is 7.50. The van der Waals surface area contributed by atoms with Crippen LogP contribution in [0, 0.1) is 0 Å². The van der Waals surface area contributed by atoms with E-state index in [9.17, 15) is 0 Å². The minimum absolute atomic E-state index is 0.507. The first-order valence-corrected chi connectivity index (χ1v) is 4.30. The molecule has 1 heterocycles. The highest BCUT2D eigenvalue weighted by atomic mass is 15.3. The van der Waals surface area contributed by atoms with Crippen LogP contribution in [0.15, 0.2) is 35.5 Å². The molecular formula is C9H9B2N3. The summed E-state index contributed by atoms with van der Waals surface area (Å²) in [5, 5.41) is 2.95. The van der Waals surface area contributed by atoms with Gasteiger partial charge in [-0.15, -0.1) is 0 Å². The van der Waals surface area contributed by atoms with E-state index in [0.717, 1.165) is 5.69 Å². The van der Waals surface area contributed by atoms with Crippen molar-refractivity contribution >= 4 is 27.1 Å². The number of nitrogens with zero attached hydrogens (tertiary/aromatic N) is 1. The summed E-state index contributed by atoms with van der Waals surface area (Å²) in [5.41, 5.74) is 8.36. The molecule has 5 heteroatoms. The second-order valence-electron chi connectivity index (χ2n) is 3.16. The molecule has 0 unspecified atom stereocenters. The summed E-state index contributed by atoms with van der Waals surface area (Å²) in [6.07, 6.45) is 0. The molecule has 1 aromatic carbocycles. The molecule has 0 aliphatic carbocycles. The van der Waals surface area contributed by atoms with E-state index in [2.05, 4.69) is 5.32 Å². The first kappa shape index (κ1) is 9.06. The van der Waals surface area contributed by atoms with E-state index in [1.807, 2.05) is 29.2 Å². The lowest BCUT2D eigenvalue weighted by molar-refractivity contribution is 0.889. The molecule has 1 aliphatic heterocycles. The van der Waals surface area contributed by atoms with Gasteiger partial charge in [0.25, 0.3) is 0 Å². The predicted molar refractivity (Wildman–Crippen MR) is 59.9 cm³/mol. The van der Waals surface area contributed by atoms with Gasteiger partial charge in [0.05, 0.1) is 6.67 Å². The molecule has 14 heavy (non-hydrogen) atoms. The van der Waals surface area contributed by atoms with Gasteiger partial charge in [0, 0.05) is 11.4 Å². The summed E-state index contributed by atoms with van der Waals surface area (Å²) in [6.45, 7) is 0.584. The number of anilines is 2. The molecule has 1 aromatic rings. The Balaban J connectivity index is 2.33. The van der Waals surface area contributed by atoms with Crippen LogP contribution in [0.2, 0.25) is 0 Å². The van der Waals surface area contributed by atoms with Crippen LogP contribution in [-0.2, 0) is 0 Å². The number of nitrogen functional groups attached to an aromatic ring is 1. The molecule has 0 atom stereocenters. The molecule has 2 rings (SSSR count). The van der Waals surface area contributed by atoms with E-state index in [1.165, 1.54) is 0 Å². The van der Waals surface area contributed by atoms with E-state index in [1.54, 1.807) is 0 Å². The van der Waals surface area contributed by atoms with Crippen molar-refractivity contribution in [3.8, 4) is 0 Å². The van der Waals surface area contributed by atoms with E-state index in [0.29, 0.717) is 23.5 Å². The van der Waals surface area contributed by atoms with Crippen molar-refractivity contribution < 1.29 is 0 Å². The SMILES string of the molecule is [B]C1=C([B])N(c2cccc(N)c2)CN1. The van der Waals surface area contributed by atoms with Crippen molar-refractivity contribution in [2.75, 3.05) is 17.3 Å². The Labute approximate surface area is 85.8 Å². The Bertz CT molecular complexity index is 389. The predicted octanol–water partition coefficient (Wildman–Crippen LogP) is 0.0995. The van der Waals surface area contributed by atoms with Crippen LogP contribution in [-0.4, -0.2) is 22.4 Å². The number of rotatable bonds is 1. The number of hydrogen-bond donors (Lipinski definition) is 2. The molecule has 0 saturated heterocycles. The molecule has 3 N–H and O–H groups in total. The van der Waals surface area contributed by atoms with Crippen molar-refractivity contribution in [1.82, 2.24) is 5.32 Å². The summed E-state index contributed by atoms with van der Waals surface area (Å²) in [4.78, 5) is 1.87. The fourth-order valence-corrected chi connectivity index (χ4v) is 1.41. The maximum Gasteiger partial charge on any atom is 0.140 e. The summed E-state index contributed by atoms with van der Waals surface area (Å²) in [5.74, 6) is 0. The number of benzene rings is 1.